The molecule has 13 heavy (non-hydrogen) atoms. The average molecular weight is 203 g/mol. The minimum absolute atomic E-state index is 0.0774. The summed E-state index contributed by atoms with van der Waals surface area (Å²) in [5.41, 5.74) is 5.92. The summed E-state index contributed by atoms with van der Waals surface area (Å²) in [6.45, 7) is 10.3. The fourth-order valence-corrected chi connectivity index (χ4v) is 1.85. The molecule has 0 rings (SSSR count). The van der Waals surface area contributed by atoms with Crippen molar-refractivity contribution < 1.29 is 4.79 Å². The molecular weight excluding hydrogens is 182 g/mol. The molecule has 0 aromatic rings. The third-order valence-corrected chi connectivity index (χ3v) is 4.03. The summed E-state index contributed by atoms with van der Waals surface area (Å²) in [6, 6.07) is -0.296. The molecule has 2 N–H and O–H groups in total. The first-order chi connectivity index (χ1) is 5.75. The van der Waals surface area contributed by atoms with Crippen LogP contribution in [0.15, 0.2) is 0 Å². The molecule has 0 aromatic carbocycles. The molecule has 78 valence electrons. The molecule has 0 bridgehead atoms. The Balaban J connectivity index is 3.83. The second kappa shape index (κ2) is 5.01. The number of hydrogen-bond acceptors (Lipinski definition) is 3. The first kappa shape index (κ1) is 13.0. The van der Waals surface area contributed by atoms with Gasteiger partial charge in [0, 0.05) is 11.0 Å². The van der Waals surface area contributed by atoms with E-state index >= 15 is 0 Å². The van der Waals surface area contributed by atoms with Crippen molar-refractivity contribution in [3.05, 3.63) is 0 Å². The maximum Gasteiger partial charge on any atom is 0.147 e. The van der Waals surface area contributed by atoms with E-state index in [-0.39, 0.29) is 17.2 Å². The molecule has 0 fully saturated rings. The SMILES string of the molecule is CC(=O)C(N)CSC(C)C(C)(C)C. The van der Waals surface area contributed by atoms with Gasteiger partial charge in [-0.15, -0.1) is 0 Å². The van der Waals surface area contributed by atoms with E-state index in [1.165, 1.54) is 0 Å². The summed E-state index contributed by atoms with van der Waals surface area (Å²) in [4.78, 5) is 10.9. The van der Waals surface area contributed by atoms with E-state index < -0.39 is 0 Å². The topological polar surface area (TPSA) is 43.1 Å². The van der Waals surface area contributed by atoms with Gasteiger partial charge in [0.05, 0.1) is 6.04 Å². The first-order valence-electron chi connectivity index (χ1n) is 4.62. The van der Waals surface area contributed by atoms with Crippen molar-refractivity contribution >= 4 is 17.5 Å². The molecule has 2 nitrogen and oxygen atoms in total. The Kier molecular flexibility index (Phi) is 5.00. The molecule has 0 saturated heterocycles. The lowest BCUT2D eigenvalue weighted by molar-refractivity contribution is -0.117. The van der Waals surface area contributed by atoms with Crippen LogP contribution in [0.3, 0.4) is 0 Å². The molecule has 2 atom stereocenters. The van der Waals surface area contributed by atoms with Gasteiger partial charge >= 0.3 is 0 Å². The van der Waals surface area contributed by atoms with E-state index in [2.05, 4.69) is 27.7 Å². The summed E-state index contributed by atoms with van der Waals surface area (Å²) in [5, 5.41) is 0.526. The highest BCUT2D eigenvalue weighted by molar-refractivity contribution is 8.00. The van der Waals surface area contributed by atoms with Gasteiger partial charge in [-0.05, 0) is 12.3 Å². The van der Waals surface area contributed by atoms with Gasteiger partial charge in [0.15, 0.2) is 0 Å². The van der Waals surface area contributed by atoms with Gasteiger partial charge in [0.25, 0.3) is 0 Å². The molecular formula is C10H21NOS. The van der Waals surface area contributed by atoms with Crippen LogP contribution in [0.25, 0.3) is 0 Å². The first-order valence-corrected chi connectivity index (χ1v) is 5.67. The molecule has 2 unspecified atom stereocenters. The number of ketones is 1. The minimum Gasteiger partial charge on any atom is -0.321 e. The summed E-state index contributed by atoms with van der Waals surface area (Å²) in [7, 11) is 0. The van der Waals surface area contributed by atoms with E-state index in [9.17, 15) is 4.79 Å². The van der Waals surface area contributed by atoms with Crippen molar-refractivity contribution in [2.24, 2.45) is 11.1 Å². The van der Waals surface area contributed by atoms with E-state index in [0.29, 0.717) is 5.25 Å². The van der Waals surface area contributed by atoms with Crippen LogP contribution in [0.4, 0.5) is 0 Å². The zero-order valence-electron chi connectivity index (χ0n) is 9.26. The molecule has 0 radical (unpaired) electrons. The number of rotatable bonds is 4. The van der Waals surface area contributed by atoms with Crippen LogP contribution in [-0.4, -0.2) is 22.8 Å². The van der Waals surface area contributed by atoms with Crippen LogP contribution in [0, 0.1) is 5.41 Å². The molecule has 0 aromatic heterocycles. The highest BCUT2D eigenvalue weighted by atomic mass is 32.2. The summed E-state index contributed by atoms with van der Waals surface area (Å²) >= 11 is 1.77. The third kappa shape index (κ3) is 5.32. The molecule has 0 heterocycles. The van der Waals surface area contributed by atoms with Gasteiger partial charge in [0.1, 0.15) is 5.78 Å². The maximum absolute atomic E-state index is 10.9. The lowest BCUT2D eigenvalue weighted by Gasteiger charge is -2.27. The van der Waals surface area contributed by atoms with Crippen molar-refractivity contribution in [2.45, 2.75) is 45.9 Å². The van der Waals surface area contributed by atoms with Gasteiger partial charge in [-0.3, -0.25) is 4.79 Å². The van der Waals surface area contributed by atoms with Gasteiger partial charge in [-0.25, -0.2) is 0 Å². The molecule has 3 heteroatoms. The second-order valence-corrected chi connectivity index (χ2v) is 5.93. The van der Waals surface area contributed by atoms with E-state index in [4.69, 9.17) is 5.73 Å². The van der Waals surface area contributed by atoms with Crippen LogP contribution in [0.5, 0.6) is 0 Å². The highest BCUT2D eigenvalue weighted by Gasteiger charge is 2.21. The minimum atomic E-state index is -0.296. The molecule has 0 saturated carbocycles. The van der Waals surface area contributed by atoms with E-state index in [0.717, 1.165) is 5.75 Å². The van der Waals surface area contributed by atoms with Gasteiger partial charge < -0.3 is 5.73 Å². The zero-order valence-corrected chi connectivity index (χ0v) is 10.1. The predicted molar refractivity (Wildman–Crippen MR) is 60.0 cm³/mol. The van der Waals surface area contributed by atoms with Crippen LogP contribution >= 0.6 is 11.8 Å². The van der Waals surface area contributed by atoms with Crippen LogP contribution in [0.2, 0.25) is 0 Å². The number of hydrogen-bond donors (Lipinski definition) is 1. The maximum atomic E-state index is 10.9. The monoisotopic (exact) mass is 203 g/mol. The van der Waals surface area contributed by atoms with E-state index in [1.54, 1.807) is 18.7 Å². The normalized spacial score (nSPS) is 16.8. The average Bonchev–Trinajstić information content (AvgIpc) is 1.97. The van der Waals surface area contributed by atoms with Crippen molar-refractivity contribution in [3.63, 3.8) is 0 Å². The number of thioether (sulfide) groups is 1. The Hall–Kier alpha value is -0.0200. The zero-order chi connectivity index (χ0) is 10.6. The number of carbonyl (C=O) groups excluding carboxylic acids is 1. The van der Waals surface area contributed by atoms with Crippen molar-refractivity contribution in [1.29, 1.82) is 0 Å². The molecule has 0 aliphatic carbocycles. The lowest BCUT2D eigenvalue weighted by Crippen LogP contribution is -2.32. The fourth-order valence-electron chi connectivity index (χ4n) is 0.615. The fraction of sp³-hybridized carbons (Fsp3) is 0.900. The van der Waals surface area contributed by atoms with Crippen molar-refractivity contribution in [1.82, 2.24) is 0 Å². The molecule has 0 aliphatic rings. The predicted octanol–water partition coefficient (Wildman–Crippen LogP) is 2.07. The Morgan fingerprint density at radius 1 is 1.46 bits per heavy atom. The number of Topliss-reactive ketones (excluding diaryl/α,β-unsaturated/α-hetero) is 1. The Labute approximate surface area is 85.6 Å². The summed E-state index contributed by atoms with van der Waals surface area (Å²) in [5.74, 6) is 0.807. The molecule has 0 spiro atoms. The number of nitrogens with two attached hydrogens (primary N) is 1. The summed E-state index contributed by atoms with van der Waals surface area (Å²) in [6.07, 6.45) is 0. The van der Waals surface area contributed by atoms with Gasteiger partial charge in [0.2, 0.25) is 0 Å². The summed E-state index contributed by atoms with van der Waals surface area (Å²) < 4.78 is 0. The third-order valence-electron chi connectivity index (χ3n) is 2.27. The van der Waals surface area contributed by atoms with Crippen molar-refractivity contribution in [2.75, 3.05) is 5.75 Å². The largest absolute Gasteiger partial charge is 0.321 e. The lowest BCUT2D eigenvalue weighted by atomic mass is 9.93. The smallest absolute Gasteiger partial charge is 0.147 e. The molecule has 0 amide bonds. The molecule has 0 aliphatic heterocycles. The van der Waals surface area contributed by atoms with Crippen LogP contribution in [-0.2, 0) is 4.79 Å². The quantitative estimate of drug-likeness (QED) is 0.760. The standard InChI is InChI=1S/C10H21NOS/c1-7(12)9(11)6-13-8(2)10(3,4)5/h8-9H,6,11H2,1-5H3. The second-order valence-electron chi connectivity index (χ2n) is 4.56. The Morgan fingerprint density at radius 2 is 1.92 bits per heavy atom. The Bertz CT molecular complexity index is 174. The van der Waals surface area contributed by atoms with Crippen molar-refractivity contribution in [3.8, 4) is 0 Å². The van der Waals surface area contributed by atoms with Gasteiger partial charge in [-0.1, -0.05) is 27.7 Å². The Morgan fingerprint density at radius 3 is 2.23 bits per heavy atom. The van der Waals surface area contributed by atoms with Crippen LogP contribution < -0.4 is 5.73 Å². The highest BCUT2D eigenvalue weighted by Crippen LogP contribution is 2.29. The van der Waals surface area contributed by atoms with Crippen LogP contribution in [0.1, 0.15) is 34.6 Å². The van der Waals surface area contributed by atoms with Gasteiger partial charge in [-0.2, -0.15) is 11.8 Å². The van der Waals surface area contributed by atoms with E-state index in [1.807, 2.05) is 0 Å². The number of carbonyl (C=O) groups is 1.